The highest BCUT2D eigenvalue weighted by molar-refractivity contribution is 5.79. The van der Waals surface area contributed by atoms with E-state index >= 15 is 0 Å². The summed E-state index contributed by atoms with van der Waals surface area (Å²) >= 11 is 0. The van der Waals surface area contributed by atoms with Crippen LogP contribution in [0.1, 0.15) is 30.5 Å². The number of rotatable bonds is 7. The number of guanidine groups is 1. The SMILES string of the molecule is CN=C(NCCC(C)c1ccc(OC)cc1)N(C)Cc1cccn1C. The van der Waals surface area contributed by atoms with Crippen molar-refractivity contribution in [3.05, 3.63) is 53.9 Å². The first kappa shape index (κ1) is 18.9. The van der Waals surface area contributed by atoms with Crippen molar-refractivity contribution in [2.75, 3.05) is 27.7 Å². The predicted octanol–water partition coefficient (Wildman–Crippen LogP) is 3.23. The van der Waals surface area contributed by atoms with Crippen LogP contribution in [-0.4, -0.2) is 43.2 Å². The summed E-state index contributed by atoms with van der Waals surface area (Å²) in [5.74, 6) is 2.30. The van der Waals surface area contributed by atoms with Crippen molar-refractivity contribution >= 4 is 5.96 Å². The zero-order valence-corrected chi connectivity index (χ0v) is 16.0. The Labute approximate surface area is 151 Å². The molecule has 0 amide bonds. The zero-order chi connectivity index (χ0) is 18.2. The van der Waals surface area contributed by atoms with Crippen LogP contribution in [0.4, 0.5) is 0 Å². The molecule has 0 spiro atoms. The molecule has 2 rings (SSSR count). The Morgan fingerprint density at radius 1 is 1.28 bits per heavy atom. The summed E-state index contributed by atoms with van der Waals surface area (Å²) in [5, 5.41) is 3.47. The molecule has 136 valence electrons. The van der Waals surface area contributed by atoms with Crippen molar-refractivity contribution in [3.8, 4) is 5.75 Å². The second kappa shape index (κ2) is 9.16. The molecule has 2 aromatic rings. The fourth-order valence-electron chi connectivity index (χ4n) is 2.86. The number of aliphatic imine (C=N–C) groups is 1. The maximum Gasteiger partial charge on any atom is 0.193 e. The van der Waals surface area contributed by atoms with E-state index in [1.54, 1.807) is 7.11 Å². The molecule has 1 heterocycles. The van der Waals surface area contributed by atoms with Crippen LogP contribution in [0.15, 0.2) is 47.6 Å². The van der Waals surface area contributed by atoms with E-state index < -0.39 is 0 Å². The monoisotopic (exact) mass is 342 g/mol. The summed E-state index contributed by atoms with van der Waals surface area (Å²) in [5.41, 5.74) is 2.59. The van der Waals surface area contributed by atoms with Gasteiger partial charge in [-0.1, -0.05) is 19.1 Å². The van der Waals surface area contributed by atoms with Crippen molar-refractivity contribution in [2.45, 2.75) is 25.8 Å². The Morgan fingerprint density at radius 3 is 2.56 bits per heavy atom. The van der Waals surface area contributed by atoms with Gasteiger partial charge in [-0.3, -0.25) is 4.99 Å². The van der Waals surface area contributed by atoms with Crippen molar-refractivity contribution in [2.24, 2.45) is 12.0 Å². The number of hydrogen-bond acceptors (Lipinski definition) is 2. The Bertz CT molecular complexity index is 675. The minimum Gasteiger partial charge on any atom is -0.497 e. The molecule has 5 nitrogen and oxygen atoms in total. The van der Waals surface area contributed by atoms with Gasteiger partial charge in [0, 0.05) is 39.6 Å². The van der Waals surface area contributed by atoms with Gasteiger partial charge in [0.15, 0.2) is 5.96 Å². The third-order valence-corrected chi connectivity index (χ3v) is 4.57. The average molecular weight is 342 g/mol. The van der Waals surface area contributed by atoms with Gasteiger partial charge in [-0.15, -0.1) is 0 Å². The van der Waals surface area contributed by atoms with E-state index in [0.717, 1.165) is 31.2 Å². The third-order valence-electron chi connectivity index (χ3n) is 4.57. The predicted molar refractivity (Wildman–Crippen MR) is 104 cm³/mol. The first-order chi connectivity index (χ1) is 12.0. The standard InChI is InChI=1S/C20H30N4O/c1-16(17-8-10-19(25-5)11-9-17)12-13-22-20(21-2)24(4)15-18-7-6-14-23(18)3/h6-11,14,16H,12-13,15H2,1-5H3,(H,21,22). The molecule has 0 radical (unpaired) electrons. The molecule has 1 atom stereocenters. The lowest BCUT2D eigenvalue weighted by atomic mass is 9.98. The molecule has 0 aliphatic heterocycles. The lowest BCUT2D eigenvalue weighted by molar-refractivity contribution is 0.414. The average Bonchev–Trinajstić information content (AvgIpc) is 3.03. The topological polar surface area (TPSA) is 41.8 Å². The first-order valence-corrected chi connectivity index (χ1v) is 8.71. The molecule has 0 aliphatic rings. The van der Waals surface area contributed by atoms with E-state index in [-0.39, 0.29) is 0 Å². The van der Waals surface area contributed by atoms with Gasteiger partial charge in [-0.05, 0) is 42.2 Å². The van der Waals surface area contributed by atoms with Crippen LogP contribution in [0.3, 0.4) is 0 Å². The van der Waals surface area contributed by atoms with Crippen molar-refractivity contribution in [3.63, 3.8) is 0 Å². The molecule has 0 saturated heterocycles. The van der Waals surface area contributed by atoms with Gasteiger partial charge >= 0.3 is 0 Å². The number of methoxy groups -OCH3 is 1. The molecule has 5 heteroatoms. The summed E-state index contributed by atoms with van der Waals surface area (Å²) in [7, 11) is 7.65. The quantitative estimate of drug-likeness (QED) is 0.620. The van der Waals surface area contributed by atoms with Gasteiger partial charge in [0.1, 0.15) is 5.75 Å². The van der Waals surface area contributed by atoms with Crippen LogP contribution in [-0.2, 0) is 13.6 Å². The number of benzene rings is 1. The van der Waals surface area contributed by atoms with E-state index in [0.29, 0.717) is 5.92 Å². The van der Waals surface area contributed by atoms with E-state index in [2.05, 4.69) is 71.3 Å². The van der Waals surface area contributed by atoms with Crippen LogP contribution in [0.2, 0.25) is 0 Å². The highest BCUT2D eigenvalue weighted by Crippen LogP contribution is 2.21. The number of ether oxygens (including phenoxy) is 1. The molecule has 0 bridgehead atoms. The summed E-state index contributed by atoms with van der Waals surface area (Å²) in [6.07, 6.45) is 3.11. The Hall–Kier alpha value is -2.43. The fourth-order valence-corrected chi connectivity index (χ4v) is 2.86. The van der Waals surface area contributed by atoms with Gasteiger partial charge in [-0.2, -0.15) is 0 Å². The molecule has 0 fully saturated rings. The lowest BCUT2D eigenvalue weighted by Crippen LogP contribution is -2.39. The van der Waals surface area contributed by atoms with Crippen molar-refractivity contribution in [1.29, 1.82) is 0 Å². The molecular weight excluding hydrogens is 312 g/mol. The zero-order valence-electron chi connectivity index (χ0n) is 16.0. The van der Waals surface area contributed by atoms with Crippen LogP contribution < -0.4 is 10.1 Å². The summed E-state index contributed by atoms with van der Waals surface area (Å²) in [6.45, 7) is 3.97. The Kier molecular flexibility index (Phi) is 6.92. The van der Waals surface area contributed by atoms with Crippen LogP contribution in [0.5, 0.6) is 5.75 Å². The van der Waals surface area contributed by atoms with E-state index in [1.165, 1.54) is 11.3 Å². The first-order valence-electron chi connectivity index (χ1n) is 8.71. The molecule has 0 saturated carbocycles. The number of nitrogens with zero attached hydrogens (tertiary/aromatic N) is 3. The Morgan fingerprint density at radius 2 is 2.00 bits per heavy atom. The molecule has 1 aromatic carbocycles. The third kappa shape index (κ3) is 5.28. The second-order valence-electron chi connectivity index (χ2n) is 6.40. The molecular formula is C20H30N4O. The highest BCUT2D eigenvalue weighted by atomic mass is 16.5. The van der Waals surface area contributed by atoms with Gasteiger partial charge in [-0.25, -0.2) is 0 Å². The summed E-state index contributed by atoms with van der Waals surface area (Å²) < 4.78 is 7.35. The summed E-state index contributed by atoms with van der Waals surface area (Å²) in [4.78, 5) is 6.54. The number of nitrogens with one attached hydrogen (secondary N) is 1. The van der Waals surface area contributed by atoms with E-state index in [9.17, 15) is 0 Å². The minimum atomic E-state index is 0.481. The van der Waals surface area contributed by atoms with Gasteiger partial charge in [0.2, 0.25) is 0 Å². The molecule has 0 aliphatic carbocycles. The van der Waals surface area contributed by atoms with Crippen molar-refractivity contribution < 1.29 is 4.74 Å². The van der Waals surface area contributed by atoms with E-state index in [1.807, 2.05) is 19.2 Å². The highest BCUT2D eigenvalue weighted by Gasteiger charge is 2.10. The molecule has 25 heavy (non-hydrogen) atoms. The fraction of sp³-hybridized carbons (Fsp3) is 0.450. The Balaban J connectivity index is 1.82. The minimum absolute atomic E-state index is 0.481. The van der Waals surface area contributed by atoms with Crippen LogP contribution >= 0.6 is 0 Å². The van der Waals surface area contributed by atoms with Crippen LogP contribution in [0.25, 0.3) is 0 Å². The molecule has 1 unspecified atom stereocenters. The van der Waals surface area contributed by atoms with Gasteiger partial charge < -0.3 is 19.5 Å². The van der Waals surface area contributed by atoms with Gasteiger partial charge in [0.05, 0.1) is 13.7 Å². The van der Waals surface area contributed by atoms with Gasteiger partial charge in [0.25, 0.3) is 0 Å². The molecule has 1 aromatic heterocycles. The normalized spacial score (nSPS) is 12.8. The second-order valence-corrected chi connectivity index (χ2v) is 6.40. The number of aromatic nitrogens is 1. The molecule has 1 N–H and O–H groups in total. The smallest absolute Gasteiger partial charge is 0.193 e. The largest absolute Gasteiger partial charge is 0.497 e. The van der Waals surface area contributed by atoms with Crippen LogP contribution in [0, 0.1) is 0 Å². The van der Waals surface area contributed by atoms with Crippen molar-refractivity contribution in [1.82, 2.24) is 14.8 Å². The number of hydrogen-bond donors (Lipinski definition) is 1. The maximum atomic E-state index is 5.22. The maximum absolute atomic E-state index is 5.22. The van der Waals surface area contributed by atoms with E-state index in [4.69, 9.17) is 4.74 Å². The summed E-state index contributed by atoms with van der Waals surface area (Å²) in [6, 6.07) is 12.5. The lowest BCUT2D eigenvalue weighted by Gasteiger charge is -2.23. The number of aryl methyl sites for hydroxylation is 1.